The number of hydrogen-bond acceptors (Lipinski definition) is 5. The van der Waals surface area contributed by atoms with E-state index in [4.69, 9.17) is 0 Å². The Morgan fingerprint density at radius 3 is 2.56 bits per heavy atom. The van der Waals surface area contributed by atoms with E-state index in [2.05, 4.69) is 0 Å². The Kier molecular flexibility index (Phi) is 4.79. The summed E-state index contributed by atoms with van der Waals surface area (Å²) in [4.78, 5) is 25.6. The number of alkyl halides is 1. The molecule has 0 amide bonds. The summed E-state index contributed by atoms with van der Waals surface area (Å²) in [5.74, 6) is -2.30. The predicted octanol–water partition coefficient (Wildman–Crippen LogP) is 2.92. The number of hydrogen-bond donors (Lipinski definition) is 3. The summed E-state index contributed by atoms with van der Waals surface area (Å²) in [6.07, 6.45) is 7.03. The van der Waals surface area contributed by atoms with E-state index in [9.17, 15) is 24.9 Å². The highest BCUT2D eigenvalue weighted by atomic mass is 19.1. The van der Waals surface area contributed by atoms with E-state index in [1.165, 1.54) is 0 Å². The van der Waals surface area contributed by atoms with Gasteiger partial charge in [-0.05, 0) is 62.4 Å². The van der Waals surface area contributed by atoms with E-state index in [-0.39, 0.29) is 30.0 Å². The van der Waals surface area contributed by atoms with Crippen molar-refractivity contribution in [3.05, 3.63) is 23.8 Å². The number of aliphatic hydroxyl groups is 3. The van der Waals surface area contributed by atoms with Crippen molar-refractivity contribution in [2.45, 2.75) is 76.7 Å². The zero-order valence-electron chi connectivity index (χ0n) is 19.2. The molecule has 3 N–H and O–H groups in total. The molecule has 3 fully saturated rings. The third kappa shape index (κ3) is 2.29. The van der Waals surface area contributed by atoms with Crippen molar-refractivity contribution in [3.8, 4) is 0 Å². The maximum Gasteiger partial charge on any atom is 0.190 e. The van der Waals surface area contributed by atoms with Crippen LogP contribution in [0.2, 0.25) is 0 Å². The largest absolute Gasteiger partial charge is 0.390 e. The highest BCUT2D eigenvalue weighted by Crippen LogP contribution is 2.72. The average Bonchev–Trinajstić information content (AvgIpc) is 2.97. The molecule has 0 bridgehead atoms. The van der Waals surface area contributed by atoms with Crippen molar-refractivity contribution in [1.82, 2.24) is 0 Å². The Bertz CT molecular complexity index is 927. The smallest absolute Gasteiger partial charge is 0.190 e. The normalized spacial score (nSPS) is 54.2. The molecule has 0 aliphatic heterocycles. The van der Waals surface area contributed by atoms with Crippen LogP contribution in [-0.4, -0.2) is 50.9 Å². The van der Waals surface area contributed by atoms with Gasteiger partial charge in [-0.15, -0.1) is 0 Å². The molecule has 0 radical (unpaired) electrons. The van der Waals surface area contributed by atoms with Crippen LogP contribution in [-0.2, 0) is 9.59 Å². The number of allylic oxidation sites excluding steroid dienone is 3. The predicted molar refractivity (Wildman–Crippen MR) is 116 cm³/mol. The number of carbonyl (C=O) groups is 2. The zero-order chi connectivity index (χ0) is 23.3. The van der Waals surface area contributed by atoms with Crippen LogP contribution in [0.3, 0.4) is 0 Å². The molecule has 5 nitrogen and oxygen atoms in total. The van der Waals surface area contributed by atoms with Crippen LogP contribution in [0, 0.1) is 40.4 Å². The summed E-state index contributed by atoms with van der Waals surface area (Å²) < 4.78 is 17.7. The van der Waals surface area contributed by atoms with Gasteiger partial charge in [0.25, 0.3) is 0 Å². The van der Waals surface area contributed by atoms with Gasteiger partial charge in [-0.3, -0.25) is 9.59 Å². The zero-order valence-corrected chi connectivity index (χ0v) is 19.2. The van der Waals surface area contributed by atoms with Gasteiger partial charge in [0.15, 0.2) is 11.6 Å². The third-order valence-corrected chi connectivity index (χ3v) is 10.7. The van der Waals surface area contributed by atoms with Gasteiger partial charge in [-0.1, -0.05) is 38.5 Å². The molecule has 0 spiro atoms. The second-order valence-electron chi connectivity index (χ2n) is 11.6. The second-order valence-corrected chi connectivity index (χ2v) is 11.6. The monoisotopic (exact) mass is 446 g/mol. The number of Topliss-reactive ketones (excluding diaryl/α,β-unsaturated/α-hetero) is 1. The molecule has 5 aliphatic carbocycles. The first kappa shape index (κ1) is 22.4. The Morgan fingerprint density at radius 2 is 1.88 bits per heavy atom. The van der Waals surface area contributed by atoms with Gasteiger partial charge in [0.05, 0.1) is 6.10 Å². The molecule has 0 saturated heterocycles. The summed E-state index contributed by atoms with van der Waals surface area (Å²) in [5.41, 5.74) is -4.90. The van der Waals surface area contributed by atoms with Gasteiger partial charge in [-0.2, -0.15) is 0 Å². The first-order valence-electron chi connectivity index (χ1n) is 12.1. The number of ketones is 2. The first-order valence-corrected chi connectivity index (χ1v) is 12.1. The van der Waals surface area contributed by atoms with Crippen molar-refractivity contribution in [3.63, 3.8) is 0 Å². The van der Waals surface area contributed by atoms with Crippen LogP contribution in [0.25, 0.3) is 0 Å². The Balaban J connectivity index is 1.65. The van der Waals surface area contributed by atoms with Crippen molar-refractivity contribution < 1.29 is 29.3 Å². The lowest BCUT2D eigenvalue weighted by Gasteiger charge is -2.66. The first-order chi connectivity index (χ1) is 15.0. The van der Waals surface area contributed by atoms with Gasteiger partial charge in [0.1, 0.15) is 17.9 Å². The van der Waals surface area contributed by atoms with Crippen LogP contribution in [0.1, 0.15) is 59.3 Å². The van der Waals surface area contributed by atoms with Crippen LogP contribution >= 0.6 is 0 Å². The molecule has 5 rings (SSSR count). The van der Waals surface area contributed by atoms with Gasteiger partial charge in [0.2, 0.25) is 0 Å². The van der Waals surface area contributed by atoms with Crippen molar-refractivity contribution in [2.75, 3.05) is 6.61 Å². The fourth-order valence-electron chi connectivity index (χ4n) is 9.13. The van der Waals surface area contributed by atoms with Gasteiger partial charge < -0.3 is 15.3 Å². The van der Waals surface area contributed by atoms with Gasteiger partial charge in [-0.25, -0.2) is 4.39 Å². The lowest BCUT2D eigenvalue weighted by molar-refractivity contribution is -0.239. The highest BCUT2D eigenvalue weighted by Gasteiger charge is 2.77. The molecule has 0 aromatic heterocycles. The molecule has 0 aromatic carbocycles. The van der Waals surface area contributed by atoms with E-state index in [0.717, 1.165) is 5.57 Å². The topological polar surface area (TPSA) is 94.8 Å². The minimum atomic E-state index is -1.94. The molecular formula is C26H35FO5. The molecule has 176 valence electrons. The van der Waals surface area contributed by atoms with Crippen molar-refractivity contribution >= 4 is 11.6 Å². The molecule has 6 heteroatoms. The molecule has 0 heterocycles. The molecule has 0 aromatic rings. The molecule has 6 unspecified atom stereocenters. The molecular weight excluding hydrogens is 411 g/mol. The highest BCUT2D eigenvalue weighted by molar-refractivity contribution is 5.94. The number of halogens is 1. The van der Waals surface area contributed by atoms with E-state index >= 15 is 4.39 Å². The standard InChI is InChI=1S/C26H35FO5/c1-14-10-19-18-9-8-15-11-20(29)16-6-4-5-7-17(16)24(15,3)25(18,27)21(30)12-23(19,2)26(14,32)22(31)13-28/h4-5,11,14,16-19,21,28,30,32H,6-10,12-13H2,1-3H3/t14-,16?,17+,18?,19?,21?,23?,24?,25+,26+/m1/s1. The second kappa shape index (κ2) is 6.83. The lowest BCUT2D eigenvalue weighted by atomic mass is 9.40. The lowest BCUT2D eigenvalue weighted by Crippen LogP contribution is -2.72. The molecule has 10 atom stereocenters. The molecule has 3 saturated carbocycles. The summed E-state index contributed by atoms with van der Waals surface area (Å²) in [6, 6.07) is 0. The number of fused-ring (bicyclic) bond motifs is 7. The summed E-state index contributed by atoms with van der Waals surface area (Å²) >= 11 is 0. The van der Waals surface area contributed by atoms with E-state index in [0.29, 0.717) is 32.1 Å². The Hall–Kier alpha value is -1.37. The van der Waals surface area contributed by atoms with E-state index in [1.807, 2.05) is 19.1 Å². The molecule has 5 aliphatic rings. The fourth-order valence-corrected chi connectivity index (χ4v) is 9.13. The maximum absolute atomic E-state index is 17.7. The van der Waals surface area contributed by atoms with E-state index in [1.54, 1.807) is 19.9 Å². The SMILES string of the molecule is C[C@@H]1CC2C3CCC4=CC(=O)C5CC=CC[C@@H]5C4(C)[C@@]3(F)C(O)CC2(C)[C@@]1(O)C(=O)CO. The number of aliphatic hydroxyl groups excluding tert-OH is 2. The van der Waals surface area contributed by atoms with Gasteiger partial charge in [0, 0.05) is 22.7 Å². The summed E-state index contributed by atoms with van der Waals surface area (Å²) in [6.45, 7) is 4.72. The molecule has 32 heavy (non-hydrogen) atoms. The Morgan fingerprint density at radius 1 is 1.19 bits per heavy atom. The van der Waals surface area contributed by atoms with Crippen molar-refractivity contribution in [1.29, 1.82) is 0 Å². The fraction of sp³-hybridized carbons (Fsp3) is 0.769. The quantitative estimate of drug-likeness (QED) is 0.567. The van der Waals surface area contributed by atoms with Crippen LogP contribution in [0.15, 0.2) is 23.8 Å². The van der Waals surface area contributed by atoms with Crippen LogP contribution in [0.4, 0.5) is 4.39 Å². The van der Waals surface area contributed by atoms with Crippen LogP contribution < -0.4 is 0 Å². The minimum Gasteiger partial charge on any atom is -0.390 e. The number of rotatable bonds is 2. The Labute approximate surface area is 188 Å². The van der Waals surface area contributed by atoms with E-state index < -0.39 is 52.4 Å². The third-order valence-electron chi connectivity index (χ3n) is 10.7. The average molecular weight is 447 g/mol. The maximum atomic E-state index is 17.7. The van der Waals surface area contributed by atoms with Gasteiger partial charge >= 0.3 is 0 Å². The summed E-state index contributed by atoms with van der Waals surface area (Å²) in [7, 11) is 0. The van der Waals surface area contributed by atoms with Crippen molar-refractivity contribution in [2.24, 2.45) is 40.4 Å². The number of carbonyl (C=O) groups excluding carboxylic acids is 2. The summed E-state index contributed by atoms with van der Waals surface area (Å²) in [5, 5.41) is 32.7. The van der Waals surface area contributed by atoms with Crippen LogP contribution in [0.5, 0.6) is 0 Å². The minimum absolute atomic E-state index is 0.0404.